The third-order valence-corrected chi connectivity index (χ3v) is 10.6. The Balaban J connectivity index is 1.28. The van der Waals surface area contributed by atoms with Crippen LogP contribution in [0, 0.1) is 5.41 Å². The molecule has 13 heteroatoms. The molecule has 3 aromatic carbocycles. The molecule has 4 aromatic rings. The van der Waals surface area contributed by atoms with Gasteiger partial charge in [-0.2, -0.15) is 0 Å². The lowest BCUT2D eigenvalue weighted by Crippen LogP contribution is -2.61. The number of carbonyl (C=O) groups excluding carboxylic acids is 5. The van der Waals surface area contributed by atoms with Gasteiger partial charge in [-0.25, -0.2) is 9.78 Å². The first kappa shape index (κ1) is 36.6. The Labute approximate surface area is 306 Å². The van der Waals surface area contributed by atoms with Crippen LogP contribution in [-0.2, 0) is 38.5 Å². The molecule has 272 valence electrons. The molecule has 3 unspecified atom stereocenters. The zero-order valence-electron chi connectivity index (χ0n) is 30.0. The van der Waals surface area contributed by atoms with Crippen molar-refractivity contribution >= 4 is 56.3 Å². The number of esters is 1. The van der Waals surface area contributed by atoms with Gasteiger partial charge in [0.1, 0.15) is 12.1 Å². The molecule has 0 fully saturated rings. The number of methoxy groups -OCH3 is 1. The number of rotatable bonds is 9. The number of thiazole rings is 1. The van der Waals surface area contributed by atoms with E-state index in [1.807, 2.05) is 45.0 Å². The Bertz CT molecular complexity index is 2040. The van der Waals surface area contributed by atoms with Gasteiger partial charge in [-0.15, -0.1) is 0 Å². The fourth-order valence-corrected chi connectivity index (χ4v) is 7.79. The molecule has 0 saturated heterocycles. The number of likely N-dealkylation sites (N-methyl/N-ethyl adjacent to an activating group) is 1. The summed E-state index contributed by atoms with van der Waals surface area (Å²) in [4.78, 5) is 73.1. The standard InChI is InChI=1S/C39H44N6O6S/c1-39(2,3)33(43-32(46)20-40-4)36(49)45-21-26-17-24(34(47)44-38-42-29-18-25(37(50)51-5)15-16-31(29)52-38)14-13-23(26)19-30(45)35(48)41-28-12-8-10-22-9-6-7-11-27(22)28/h6-7,9,11,13-18,28,30,33,40H,8,10,12,19-21H2,1-5H3,(H,41,48)(H,43,46)(H,42,44,47). The first-order chi connectivity index (χ1) is 24.9. The molecule has 1 aromatic heterocycles. The normalized spacial score (nSPS) is 17.4. The molecule has 6 rings (SSSR count). The number of benzene rings is 3. The fourth-order valence-electron chi connectivity index (χ4n) is 6.95. The van der Waals surface area contributed by atoms with E-state index < -0.39 is 29.4 Å². The summed E-state index contributed by atoms with van der Waals surface area (Å²) in [5, 5.41) is 12.2. The number of hydrogen-bond acceptors (Lipinski definition) is 9. The van der Waals surface area contributed by atoms with Crippen molar-refractivity contribution in [2.45, 2.75) is 71.1 Å². The van der Waals surface area contributed by atoms with Crippen molar-refractivity contribution in [2.24, 2.45) is 5.41 Å². The van der Waals surface area contributed by atoms with Gasteiger partial charge in [-0.05, 0) is 84.3 Å². The molecular weight excluding hydrogens is 681 g/mol. The molecule has 2 aliphatic rings. The number of amides is 4. The highest BCUT2D eigenvalue weighted by Crippen LogP contribution is 2.33. The minimum Gasteiger partial charge on any atom is -0.465 e. The van der Waals surface area contributed by atoms with Crippen molar-refractivity contribution in [1.29, 1.82) is 0 Å². The van der Waals surface area contributed by atoms with Crippen LogP contribution < -0.4 is 21.3 Å². The van der Waals surface area contributed by atoms with E-state index >= 15 is 0 Å². The molecule has 0 radical (unpaired) electrons. The second-order valence-electron chi connectivity index (χ2n) is 14.4. The van der Waals surface area contributed by atoms with Crippen molar-refractivity contribution in [3.8, 4) is 0 Å². The smallest absolute Gasteiger partial charge is 0.337 e. The summed E-state index contributed by atoms with van der Waals surface area (Å²) >= 11 is 1.28. The van der Waals surface area contributed by atoms with E-state index in [1.54, 1.807) is 42.3 Å². The van der Waals surface area contributed by atoms with Gasteiger partial charge in [0.2, 0.25) is 17.7 Å². The van der Waals surface area contributed by atoms with Gasteiger partial charge >= 0.3 is 5.97 Å². The van der Waals surface area contributed by atoms with Crippen molar-refractivity contribution in [3.63, 3.8) is 0 Å². The summed E-state index contributed by atoms with van der Waals surface area (Å²) < 4.78 is 5.59. The van der Waals surface area contributed by atoms with Crippen molar-refractivity contribution < 1.29 is 28.7 Å². The van der Waals surface area contributed by atoms with Crippen LogP contribution in [0.15, 0.2) is 60.7 Å². The van der Waals surface area contributed by atoms with E-state index in [9.17, 15) is 24.0 Å². The van der Waals surface area contributed by atoms with Crippen molar-refractivity contribution in [1.82, 2.24) is 25.8 Å². The predicted octanol–water partition coefficient (Wildman–Crippen LogP) is 4.53. The van der Waals surface area contributed by atoms with Gasteiger partial charge in [0.05, 0.1) is 35.5 Å². The van der Waals surface area contributed by atoms with E-state index in [0.717, 1.165) is 40.7 Å². The lowest BCUT2D eigenvalue weighted by atomic mass is 9.83. The maximum absolute atomic E-state index is 14.5. The Kier molecular flexibility index (Phi) is 10.7. The van der Waals surface area contributed by atoms with E-state index in [2.05, 4.69) is 32.3 Å². The molecule has 0 spiro atoms. The summed E-state index contributed by atoms with van der Waals surface area (Å²) in [6.07, 6.45) is 2.93. The van der Waals surface area contributed by atoms with Crippen LogP contribution in [0.4, 0.5) is 5.13 Å². The van der Waals surface area contributed by atoms with Crippen molar-refractivity contribution in [3.05, 3.63) is 94.0 Å². The number of anilines is 1. The summed E-state index contributed by atoms with van der Waals surface area (Å²) in [7, 11) is 2.97. The zero-order chi connectivity index (χ0) is 37.2. The van der Waals surface area contributed by atoms with Gasteiger partial charge < -0.3 is 25.6 Å². The van der Waals surface area contributed by atoms with Crippen LogP contribution in [0.5, 0.6) is 0 Å². The van der Waals surface area contributed by atoms with Crippen LogP contribution >= 0.6 is 11.3 Å². The summed E-state index contributed by atoms with van der Waals surface area (Å²) in [5.41, 5.74) is 4.50. The van der Waals surface area contributed by atoms with Crippen LogP contribution in [0.3, 0.4) is 0 Å². The highest BCUT2D eigenvalue weighted by molar-refractivity contribution is 7.22. The van der Waals surface area contributed by atoms with Gasteiger partial charge in [0.15, 0.2) is 5.13 Å². The maximum atomic E-state index is 14.5. The van der Waals surface area contributed by atoms with E-state index in [-0.39, 0.29) is 43.3 Å². The average molecular weight is 725 g/mol. The number of carbonyl (C=O) groups is 5. The fraction of sp³-hybridized carbons (Fsp3) is 0.385. The summed E-state index contributed by atoms with van der Waals surface area (Å²) in [6, 6.07) is 16.5. The monoisotopic (exact) mass is 724 g/mol. The second kappa shape index (κ2) is 15.2. The zero-order valence-corrected chi connectivity index (χ0v) is 30.8. The predicted molar refractivity (Wildman–Crippen MR) is 199 cm³/mol. The van der Waals surface area contributed by atoms with Crippen LogP contribution in [-0.4, -0.2) is 72.3 Å². The Morgan fingerprint density at radius 1 is 0.981 bits per heavy atom. The third-order valence-electron chi connectivity index (χ3n) is 9.66. The number of ether oxygens (including phenoxy) is 1. The number of aryl methyl sites for hydroxylation is 1. The Morgan fingerprint density at radius 3 is 2.50 bits per heavy atom. The largest absolute Gasteiger partial charge is 0.465 e. The topological polar surface area (TPSA) is 159 Å². The van der Waals surface area contributed by atoms with Crippen LogP contribution in [0.2, 0.25) is 0 Å². The minimum atomic E-state index is -0.911. The molecule has 0 bridgehead atoms. The lowest BCUT2D eigenvalue weighted by molar-refractivity contribution is -0.147. The Morgan fingerprint density at radius 2 is 1.75 bits per heavy atom. The van der Waals surface area contributed by atoms with Gasteiger partial charge in [0, 0.05) is 18.5 Å². The highest BCUT2D eigenvalue weighted by atomic mass is 32.1. The highest BCUT2D eigenvalue weighted by Gasteiger charge is 2.42. The number of hydrogen-bond donors (Lipinski definition) is 4. The van der Waals surface area contributed by atoms with E-state index in [4.69, 9.17) is 4.74 Å². The number of nitrogens with zero attached hydrogens (tertiary/aromatic N) is 2. The molecule has 52 heavy (non-hydrogen) atoms. The van der Waals surface area contributed by atoms with Gasteiger partial charge in [-0.3, -0.25) is 24.5 Å². The van der Waals surface area contributed by atoms with Gasteiger partial charge in [0.25, 0.3) is 5.91 Å². The third kappa shape index (κ3) is 7.85. The Hall–Kier alpha value is -5.14. The first-order valence-corrected chi connectivity index (χ1v) is 18.2. The molecule has 4 amide bonds. The van der Waals surface area contributed by atoms with E-state index in [0.29, 0.717) is 21.8 Å². The quantitative estimate of drug-likeness (QED) is 0.183. The number of fused-ring (bicyclic) bond motifs is 3. The van der Waals surface area contributed by atoms with Crippen molar-refractivity contribution in [2.75, 3.05) is 26.0 Å². The molecule has 0 saturated carbocycles. The molecule has 1 aliphatic heterocycles. The molecule has 3 atom stereocenters. The second-order valence-corrected chi connectivity index (χ2v) is 15.4. The molecule has 4 N–H and O–H groups in total. The molecule has 2 heterocycles. The maximum Gasteiger partial charge on any atom is 0.337 e. The lowest BCUT2D eigenvalue weighted by Gasteiger charge is -2.41. The molecule has 12 nitrogen and oxygen atoms in total. The molecule has 1 aliphatic carbocycles. The minimum absolute atomic E-state index is 0.0350. The van der Waals surface area contributed by atoms with Crippen LogP contribution in [0.25, 0.3) is 10.2 Å². The summed E-state index contributed by atoms with van der Waals surface area (Å²) in [5.74, 6) is -1.83. The van der Waals surface area contributed by atoms with Gasteiger partial charge in [-0.1, -0.05) is 62.4 Å². The number of nitrogens with one attached hydrogen (secondary N) is 4. The van der Waals surface area contributed by atoms with E-state index in [1.165, 1.54) is 24.0 Å². The SMILES string of the molecule is CNCC(=O)NC(C(=O)N1Cc2cc(C(=O)Nc3nc4cc(C(=O)OC)ccc4s3)ccc2CC1C(=O)NC1CCCc2ccccc21)C(C)(C)C. The number of aromatic nitrogens is 1. The molecular formula is C39H44N6O6S. The van der Waals surface area contributed by atoms with Crippen LogP contribution in [0.1, 0.15) is 82.6 Å². The average Bonchev–Trinajstić information content (AvgIpc) is 3.53. The summed E-state index contributed by atoms with van der Waals surface area (Å²) in [6.45, 7) is 5.74. The first-order valence-electron chi connectivity index (χ1n) is 17.4.